The summed E-state index contributed by atoms with van der Waals surface area (Å²) in [5.41, 5.74) is 3.73. The number of allylic oxidation sites excluding steroid dienone is 2. The van der Waals surface area contributed by atoms with Gasteiger partial charge in [-0.25, -0.2) is 0 Å². The average molecular weight is 560 g/mol. The van der Waals surface area contributed by atoms with Gasteiger partial charge in [0.05, 0.1) is 12.0 Å². The van der Waals surface area contributed by atoms with Gasteiger partial charge in [-0.3, -0.25) is 9.59 Å². The number of hydrogen-bond donors (Lipinski definition) is 2. The Labute approximate surface area is 244 Å². The highest BCUT2D eigenvalue weighted by atomic mass is 35.5. The Morgan fingerprint density at radius 1 is 0.975 bits per heavy atom. The number of nitrogens with zero attached hydrogens (tertiary/aromatic N) is 1. The summed E-state index contributed by atoms with van der Waals surface area (Å²) in [5.74, 6) is -0.309. The number of halogens is 1. The SMILES string of the molecule is CC(C)(C)c1cccc(NC(=O)[C@H]2CCCN(C(=O)c3ccc(Cl)cc3)[C@H]2C2C=CC(NC3CCCC3)=CC2)c1. The minimum atomic E-state index is -0.310. The van der Waals surface area contributed by atoms with E-state index in [1.165, 1.54) is 31.2 Å². The Balaban J connectivity index is 1.39. The van der Waals surface area contributed by atoms with Crippen LogP contribution in [0.25, 0.3) is 0 Å². The van der Waals surface area contributed by atoms with Crippen LogP contribution < -0.4 is 10.6 Å². The molecule has 1 saturated heterocycles. The van der Waals surface area contributed by atoms with Crippen LogP contribution in [0.4, 0.5) is 5.69 Å². The number of piperidine rings is 1. The molecule has 0 bridgehead atoms. The first-order valence-electron chi connectivity index (χ1n) is 14.8. The number of nitrogens with one attached hydrogen (secondary N) is 2. The third kappa shape index (κ3) is 6.63. The number of anilines is 1. The average Bonchev–Trinajstić information content (AvgIpc) is 3.46. The van der Waals surface area contributed by atoms with Crippen LogP contribution in [-0.4, -0.2) is 35.3 Å². The van der Waals surface area contributed by atoms with Crippen molar-refractivity contribution in [2.24, 2.45) is 11.8 Å². The molecular weight excluding hydrogens is 518 g/mol. The second-order valence-electron chi connectivity index (χ2n) is 12.6. The van der Waals surface area contributed by atoms with Crippen LogP contribution >= 0.6 is 11.6 Å². The molecule has 1 saturated carbocycles. The molecule has 3 aliphatic rings. The van der Waals surface area contributed by atoms with Crippen molar-refractivity contribution in [3.05, 3.63) is 88.6 Å². The van der Waals surface area contributed by atoms with E-state index in [-0.39, 0.29) is 35.1 Å². The summed E-state index contributed by atoms with van der Waals surface area (Å²) >= 11 is 6.11. The van der Waals surface area contributed by atoms with Gasteiger partial charge in [0.1, 0.15) is 0 Å². The molecule has 212 valence electrons. The van der Waals surface area contributed by atoms with Crippen molar-refractivity contribution < 1.29 is 9.59 Å². The quantitative estimate of drug-likeness (QED) is 0.385. The van der Waals surface area contributed by atoms with Gasteiger partial charge in [-0.05, 0) is 85.6 Å². The topological polar surface area (TPSA) is 61.4 Å². The number of likely N-dealkylation sites (tertiary alicyclic amines) is 1. The Bertz CT molecular complexity index is 1270. The van der Waals surface area contributed by atoms with Crippen LogP contribution in [0.15, 0.2) is 72.5 Å². The lowest BCUT2D eigenvalue weighted by molar-refractivity contribution is -0.123. The number of carbonyl (C=O) groups excluding carboxylic acids is 2. The van der Waals surface area contributed by atoms with Crippen molar-refractivity contribution in [3.8, 4) is 0 Å². The highest BCUT2D eigenvalue weighted by molar-refractivity contribution is 6.30. The zero-order valence-electron chi connectivity index (χ0n) is 24.0. The van der Waals surface area contributed by atoms with Crippen molar-refractivity contribution in [1.29, 1.82) is 0 Å². The maximum Gasteiger partial charge on any atom is 0.254 e. The summed E-state index contributed by atoms with van der Waals surface area (Å²) in [5, 5.41) is 7.50. The van der Waals surface area contributed by atoms with Crippen molar-refractivity contribution in [2.75, 3.05) is 11.9 Å². The van der Waals surface area contributed by atoms with Crippen LogP contribution in [0.2, 0.25) is 5.02 Å². The molecule has 2 aromatic rings. The van der Waals surface area contributed by atoms with Gasteiger partial charge in [0.15, 0.2) is 0 Å². The largest absolute Gasteiger partial charge is 0.383 e. The molecule has 1 unspecified atom stereocenters. The zero-order valence-corrected chi connectivity index (χ0v) is 24.7. The maximum absolute atomic E-state index is 13.9. The molecule has 0 aromatic heterocycles. The normalized spacial score (nSPS) is 23.6. The maximum atomic E-state index is 13.9. The molecular formula is C34H42ClN3O2. The lowest BCUT2D eigenvalue weighted by Gasteiger charge is -2.44. The molecule has 0 spiro atoms. The molecule has 2 amide bonds. The first kappa shape index (κ1) is 28.5. The minimum absolute atomic E-state index is 0.0145. The molecule has 1 aliphatic heterocycles. The van der Waals surface area contributed by atoms with E-state index in [4.69, 9.17) is 11.6 Å². The fraction of sp³-hybridized carbons (Fsp3) is 0.471. The lowest BCUT2D eigenvalue weighted by Crippen LogP contribution is -2.55. The predicted molar refractivity (Wildman–Crippen MR) is 163 cm³/mol. The van der Waals surface area contributed by atoms with Crippen LogP contribution in [-0.2, 0) is 10.2 Å². The van der Waals surface area contributed by atoms with Crippen molar-refractivity contribution in [1.82, 2.24) is 10.2 Å². The monoisotopic (exact) mass is 559 g/mol. The number of hydrogen-bond acceptors (Lipinski definition) is 3. The summed E-state index contributed by atoms with van der Waals surface area (Å²) < 4.78 is 0. The minimum Gasteiger partial charge on any atom is -0.383 e. The third-order valence-electron chi connectivity index (χ3n) is 8.67. The first-order chi connectivity index (χ1) is 19.2. The van der Waals surface area contributed by atoms with Crippen molar-refractivity contribution >= 4 is 29.1 Å². The second-order valence-corrected chi connectivity index (χ2v) is 13.0. The molecule has 1 heterocycles. The summed E-state index contributed by atoms with van der Waals surface area (Å²) in [6.45, 7) is 7.15. The smallest absolute Gasteiger partial charge is 0.254 e. The van der Waals surface area contributed by atoms with E-state index in [2.05, 4.69) is 61.8 Å². The number of amides is 2. The van der Waals surface area contributed by atoms with Crippen LogP contribution in [0.1, 0.15) is 81.6 Å². The van der Waals surface area contributed by atoms with Crippen LogP contribution in [0.5, 0.6) is 0 Å². The lowest BCUT2D eigenvalue weighted by atomic mass is 9.77. The molecule has 0 radical (unpaired) electrons. The van der Waals surface area contributed by atoms with E-state index >= 15 is 0 Å². The van der Waals surface area contributed by atoms with Gasteiger partial charge in [-0.1, -0.05) is 69.5 Å². The van der Waals surface area contributed by atoms with E-state index in [9.17, 15) is 9.59 Å². The summed E-state index contributed by atoms with van der Waals surface area (Å²) in [6, 6.07) is 15.5. The molecule has 2 N–H and O–H groups in total. The summed E-state index contributed by atoms with van der Waals surface area (Å²) in [7, 11) is 0. The van der Waals surface area contributed by atoms with E-state index in [1.807, 2.05) is 17.0 Å². The molecule has 3 atom stereocenters. The van der Waals surface area contributed by atoms with Gasteiger partial charge in [-0.2, -0.15) is 0 Å². The summed E-state index contributed by atoms with van der Waals surface area (Å²) in [6.07, 6.45) is 14.0. The van der Waals surface area contributed by atoms with E-state index in [0.717, 1.165) is 30.6 Å². The molecule has 2 fully saturated rings. The Kier molecular flexibility index (Phi) is 8.70. The molecule has 2 aliphatic carbocycles. The Hall–Kier alpha value is -3.05. The van der Waals surface area contributed by atoms with Crippen LogP contribution in [0.3, 0.4) is 0 Å². The van der Waals surface area contributed by atoms with Gasteiger partial charge in [0.2, 0.25) is 5.91 Å². The van der Waals surface area contributed by atoms with Crippen molar-refractivity contribution in [3.63, 3.8) is 0 Å². The number of carbonyl (C=O) groups is 2. The highest BCUT2D eigenvalue weighted by Crippen LogP contribution is 2.36. The molecule has 6 heteroatoms. The van der Waals surface area contributed by atoms with Gasteiger partial charge in [-0.15, -0.1) is 0 Å². The Morgan fingerprint density at radius 3 is 2.40 bits per heavy atom. The summed E-state index contributed by atoms with van der Waals surface area (Å²) in [4.78, 5) is 29.7. The van der Waals surface area contributed by atoms with Crippen LogP contribution in [0, 0.1) is 11.8 Å². The second kappa shape index (κ2) is 12.2. The molecule has 5 rings (SSSR count). The zero-order chi connectivity index (χ0) is 28.3. The van der Waals surface area contributed by atoms with E-state index < -0.39 is 0 Å². The van der Waals surface area contributed by atoms with Gasteiger partial charge in [0, 0.05) is 40.5 Å². The number of benzene rings is 2. The van der Waals surface area contributed by atoms with E-state index in [1.54, 1.807) is 24.3 Å². The standard InChI is InChI=1S/C34H42ClN3O2/c1-34(2,3)25-8-6-11-29(22-25)37-32(39)30-12-7-21-38(33(40)24-13-17-26(35)18-14-24)31(30)23-15-19-28(20-16-23)36-27-9-4-5-10-27/h6,8,11,13-15,17-20,22-23,27,30-31,36H,4-5,7,9-10,12,16,21H2,1-3H3,(H,37,39)/t23?,30-,31-/m0/s1. The molecule has 5 nitrogen and oxygen atoms in total. The predicted octanol–water partition coefficient (Wildman–Crippen LogP) is 7.49. The molecule has 40 heavy (non-hydrogen) atoms. The molecule has 2 aromatic carbocycles. The van der Waals surface area contributed by atoms with Gasteiger partial charge < -0.3 is 15.5 Å². The fourth-order valence-corrected chi connectivity index (χ4v) is 6.56. The van der Waals surface area contributed by atoms with Crippen molar-refractivity contribution in [2.45, 2.75) is 83.2 Å². The Morgan fingerprint density at radius 2 is 1.73 bits per heavy atom. The van der Waals surface area contributed by atoms with E-state index in [0.29, 0.717) is 23.2 Å². The third-order valence-corrected chi connectivity index (χ3v) is 8.92. The van der Waals surface area contributed by atoms with Gasteiger partial charge >= 0.3 is 0 Å². The highest BCUT2D eigenvalue weighted by Gasteiger charge is 2.42. The first-order valence-corrected chi connectivity index (χ1v) is 15.2. The number of rotatable bonds is 6. The fourth-order valence-electron chi connectivity index (χ4n) is 6.43. The van der Waals surface area contributed by atoms with Gasteiger partial charge in [0.25, 0.3) is 5.91 Å².